The van der Waals surface area contributed by atoms with E-state index in [0.29, 0.717) is 18.5 Å². The minimum absolute atomic E-state index is 0.619. The van der Waals surface area contributed by atoms with E-state index >= 15 is 0 Å². The largest absolute Gasteiger partial charge is 0.303 e. The summed E-state index contributed by atoms with van der Waals surface area (Å²) in [5.41, 5.74) is 1.46. The molecule has 108 valence electrons. The highest BCUT2D eigenvalue weighted by Gasteiger charge is 2.18. The molecule has 1 aliphatic heterocycles. The first-order valence-electron chi connectivity index (χ1n) is 7.73. The van der Waals surface area contributed by atoms with E-state index in [4.69, 9.17) is 6.42 Å². The molecule has 1 fully saturated rings. The zero-order chi connectivity index (χ0) is 14.2. The van der Waals surface area contributed by atoms with Crippen LogP contribution in [0, 0.1) is 12.3 Å². The molecule has 1 unspecified atom stereocenters. The monoisotopic (exact) mass is 270 g/mol. The number of nitrogens with one attached hydrogen (secondary N) is 1. The average Bonchev–Trinajstić information content (AvgIpc) is 2.52. The van der Waals surface area contributed by atoms with Crippen LogP contribution in [0.25, 0.3) is 0 Å². The highest BCUT2D eigenvalue weighted by Crippen LogP contribution is 2.20. The Kier molecular flexibility index (Phi) is 6.11. The highest BCUT2D eigenvalue weighted by molar-refractivity contribution is 5.18. The van der Waals surface area contributed by atoms with E-state index in [0.717, 1.165) is 0 Å². The third kappa shape index (κ3) is 4.67. The Bertz CT molecular complexity index is 413. The summed E-state index contributed by atoms with van der Waals surface area (Å²) in [7, 11) is 0. The predicted octanol–water partition coefficient (Wildman–Crippen LogP) is 2.87. The Morgan fingerprint density at radius 2 is 2.00 bits per heavy atom. The molecule has 2 rings (SSSR count). The Morgan fingerprint density at radius 3 is 2.65 bits per heavy atom. The summed E-state index contributed by atoms with van der Waals surface area (Å²) in [6, 6.07) is 11.4. The van der Waals surface area contributed by atoms with Crippen LogP contribution < -0.4 is 5.32 Å². The summed E-state index contributed by atoms with van der Waals surface area (Å²) >= 11 is 0. The summed E-state index contributed by atoms with van der Waals surface area (Å²) in [6.07, 6.45) is 8.98. The van der Waals surface area contributed by atoms with Crippen LogP contribution in [0.4, 0.5) is 0 Å². The van der Waals surface area contributed by atoms with Crippen LogP contribution in [0.3, 0.4) is 0 Å². The van der Waals surface area contributed by atoms with Gasteiger partial charge >= 0.3 is 0 Å². The van der Waals surface area contributed by atoms with Crippen molar-refractivity contribution in [1.82, 2.24) is 10.2 Å². The maximum atomic E-state index is 5.29. The summed E-state index contributed by atoms with van der Waals surface area (Å²) in [5.74, 6) is 3.31. The van der Waals surface area contributed by atoms with Crippen LogP contribution in [0.5, 0.6) is 0 Å². The van der Waals surface area contributed by atoms with Crippen LogP contribution in [0.1, 0.15) is 37.7 Å². The van der Waals surface area contributed by atoms with Crippen LogP contribution >= 0.6 is 0 Å². The molecule has 0 spiro atoms. The second-order valence-corrected chi connectivity index (χ2v) is 5.80. The molecule has 1 atom stereocenters. The Labute approximate surface area is 123 Å². The van der Waals surface area contributed by atoms with Crippen LogP contribution in [0.15, 0.2) is 30.3 Å². The van der Waals surface area contributed by atoms with Gasteiger partial charge in [0.15, 0.2) is 0 Å². The molecule has 0 saturated carbocycles. The molecule has 20 heavy (non-hydrogen) atoms. The third-order valence-electron chi connectivity index (χ3n) is 4.33. The maximum absolute atomic E-state index is 5.29. The quantitative estimate of drug-likeness (QED) is 0.800. The van der Waals surface area contributed by atoms with E-state index in [2.05, 4.69) is 53.4 Å². The van der Waals surface area contributed by atoms with E-state index in [1.807, 2.05) is 0 Å². The van der Waals surface area contributed by atoms with E-state index in [1.165, 1.54) is 44.5 Å². The number of nitrogens with zero attached hydrogens (tertiary/aromatic N) is 1. The van der Waals surface area contributed by atoms with E-state index in [9.17, 15) is 0 Å². The smallest absolute Gasteiger partial charge is 0.0575 e. The Morgan fingerprint density at radius 1 is 1.30 bits per heavy atom. The first kappa shape index (κ1) is 15.1. The fraction of sp³-hybridized carbons (Fsp3) is 0.556. The first-order chi connectivity index (χ1) is 9.79. The van der Waals surface area contributed by atoms with Gasteiger partial charge in [0.25, 0.3) is 0 Å². The molecule has 1 N–H and O–H groups in total. The minimum atomic E-state index is 0.619. The number of hydrogen-bond donors (Lipinski definition) is 1. The number of hydrogen-bond acceptors (Lipinski definition) is 2. The molecular formula is C18H26N2. The van der Waals surface area contributed by atoms with E-state index in [1.54, 1.807) is 0 Å². The maximum Gasteiger partial charge on any atom is 0.0575 e. The molecule has 1 saturated heterocycles. The lowest BCUT2D eigenvalue weighted by Crippen LogP contribution is -2.43. The summed E-state index contributed by atoms with van der Waals surface area (Å²) in [4.78, 5) is 2.59. The molecule has 0 bridgehead atoms. The standard InChI is InChI=1S/C18H26N2/c1-3-12-19-18-10-14-20(15-11-18)13-9-16(2)17-7-5-4-6-8-17/h1,4-8,16,18-19H,9-15H2,2H3. The van der Waals surface area contributed by atoms with E-state index in [-0.39, 0.29) is 0 Å². The second kappa shape index (κ2) is 8.09. The molecule has 0 aromatic heterocycles. The van der Waals surface area contributed by atoms with Gasteiger partial charge in [0.1, 0.15) is 0 Å². The summed E-state index contributed by atoms with van der Waals surface area (Å²) in [6.45, 7) is 6.64. The van der Waals surface area contributed by atoms with Crippen LogP contribution in [0.2, 0.25) is 0 Å². The van der Waals surface area contributed by atoms with Gasteiger partial charge < -0.3 is 10.2 Å². The van der Waals surface area contributed by atoms with Gasteiger partial charge in [-0.2, -0.15) is 0 Å². The Balaban J connectivity index is 1.67. The van der Waals surface area contributed by atoms with Gasteiger partial charge in [-0.3, -0.25) is 0 Å². The van der Waals surface area contributed by atoms with Crippen molar-refractivity contribution in [3.63, 3.8) is 0 Å². The van der Waals surface area contributed by atoms with Crippen molar-refractivity contribution in [2.75, 3.05) is 26.2 Å². The van der Waals surface area contributed by atoms with Crippen molar-refractivity contribution in [3.05, 3.63) is 35.9 Å². The lowest BCUT2D eigenvalue weighted by atomic mass is 9.97. The molecular weight excluding hydrogens is 244 g/mol. The topological polar surface area (TPSA) is 15.3 Å². The van der Waals surface area contributed by atoms with Crippen molar-refractivity contribution in [2.24, 2.45) is 0 Å². The lowest BCUT2D eigenvalue weighted by Gasteiger charge is -2.32. The number of benzene rings is 1. The fourth-order valence-corrected chi connectivity index (χ4v) is 2.89. The molecule has 1 aromatic rings. The molecule has 2 nitrogen and oxygen atoms in total. The molecule has 0 aliphatic carbocycles. The Hall–Kier alpha value is -1.30. The minimum Gasteiger partial charge on any atom is -0.303 e. The lowest BCUT2D eigenvalue weighted by molar-refractivity contribution is 0.195. The molecule has 2 heteroatoms. The van der Waals surface area contributed by atoms with Crippen LogP contribution in [-0.4, -0.2) is 37.1 Å². The zero-order valence-electron chi connectivity index (χ0n) is 12.5. The average molecular weight is 270 g/mol. The SMILES string of the molecule is C#CCNC1CCN(CCC(C)c2ccccc2)CC1. The van der Waals surface area contributed by atoms with Crippen molar-refractivity contribution < 1.29 is 0 Å². The van der Waals surface area contributed by atoms with Gasteiger partial charge in [-0.15, -0.1) is 6.42 Å². The van der Waals surface area contributed by atoms with Gasteiger partial charge in [-0.05, 0) is 50.4 Å². The number of terminal acetylenes is 1. The van der Waals surface area contributed by atoms with E-state index < -0.39 is 0 Å². The van der Waals surface area contributed by atoms with Gasteiger partial charge in [-0.25, -0.2) is 0 Å². The first-order valence-corrected chi connectivity index (χ1v) is 7.73. The fourth-order valence-electron chi connectivity index (χ4n) is 2.89. The van der Waals surface area contributed by atoms with Crippen molar-refractivity contribution >= 4 is 0 Å². The third-order valence-corrected chi connectivity index (χ3v) is 4.33. The highest BCUT2D eigenvalue weighted by atomic mass is 15.1. The number of piperidine rings is 1. The second-order valence-electron chi connectivity index (χ2n) is 5.80. The predicted molar refractivity (Wildman–Crippen MR) is 85.8 cm³/mol. The molecule has 1 aromatic carbocycles. The van der Waals surface area contributed by atoms with Crippen molar-refractivity contribution in [2.45, 2.75) is 38.1 Å². The number of likely N-dealkylation sites (tertiary alicyclic amines) is 1. The summed E-state index contributed by atoms with van der Waals surface area (Å²) < 4.78 is 0. The van der Waals surface area contributed by atoms with Gasteiger partial charge in [0, 0.05) is 6.04 Å². The normalized spacial score (nSPS) is 18.6. The summed E-state index contributed by atoms with van der Waals surface area (Å²) in [5, 5.41) is 3.42. The van der Waals surface area contributed by atoms with Crippen LogP contribution in [-0.2, 0) is 0 Å². The van der Waals surface area contributed by atoms with Crippen molar-refractivity contribution in [1.29, 1.82) is 0 Å². The number of rotatable bonds is 6. The van der Waals surface area contributed by atoms with Gasteiger partial charge in [0.2, 0.25) is 0 Å². The molecule has 1 heterocycles. The molecule has 0 radical (unpaired) electrons. The van der Waals surface area contributed by atoms with Crippen molar-refractivity contribution in [3.8, 4) is 12.3 Å². The molecule has 1 aliphatic rings. The molecule has 0 amide bonds. The van der Waals surface area contributed by atoms with Gasteiger partial charge in [0.05, 0.1) is 6.54 Å². The zero-order valence-corrected chi connectivity index (χ0v) is 12.5. The van der Waals surface area contributed by atoms with Gasteiger partial charge in [-0.1, -0.05) is 43.2 Å².